The lowest BCUT2D eigenvalue weighted by Crippen LogP contribution is -2.11. The Morgan fingerprint density at radius 2 is 2.09 bits per heavy atom. The van der Waals surface area contributed by atoms with Gasteiger partial charge in [-0.25, -0.2) is 9.38 Å². The van der Waals surface area contributed by atoms with Crippen molar-refractivity contribution in [2.45, 2.75) is 18.0 Å². The molecule has 0 aliphatic rings. The zero-order chi connectivity index (χ0) is 16.3. The van der Waals surface area contributed by atoms with Gasteiger partial charge in [0.15, 0.2) is 0 Å². The number of aliphatic imine (C=N–C) groups is 1. The Labute approximate surface area is 133 Å². The van der Waals surface area contributed by atoms with E-state index in [0.717, 1.165) is 0 Å². The van der Waals surface area contributed by atoms with Gasteiger partial charge in [0.1, 0.15) is 17.3 Å². The van der Waals surface area contributed by atoms with Crippen LogP contribution in [0.15, 0.2) is 39.5 Å². The monoisotopic (exact) mass is 348 g/mol. The molecule has 0 saturated heterocycles. The maximum Gasteiger partial charge on any atom is 0.398 e. The van der Waals surface area contributed by atoms with Crippen molar-refractivity contribution in [3.63, 3.8) is 0 Å². The van der Waals surface area contributed by atoms with Crippen LogP contribution in [0.1, 0.15) is 10.4 Å². The van der Waals surface area contributed by atoms with E-state index in [1.807, 2.05) is 0 Å². The number of nitrogens with two attached hydrogens (primary N) is 1. The van der Waals surface area contributed by atoms with Crippen LogP contribution in [-0.4, -0.2) is 17.8 Å². The van der Waals surface area contributed by atoms with E-state index in [0.29, 0.717) is 27.1 Å². The largest absolute Gasteiger partial charge is 0.398 e. The van der Waals surface area contributed by atoms with E-state index in [-0.39, 0.29) is 11.5 Å². The van der Waals surface area contributed by atoms with Crippen LogP contribution < -0.4 is 5.73 Å². The predicted octanol–water partition coefficient (Wildman–Crippen LogP) is 4.89. The van der Waals surface area contributed by atoms with Gasteiger partial charge in [0, 0.05) is 4.90 Å². The highest BCUT2D eigenvalue weighted by atomic mass is 32.2. The third-order valence-electron chi connectivity index (χ3n) is 2.65. The Morgan fingerprint density at radius 3 is 2.68 bits per heavy atom. The molecule has 0 unspecified atom stereocenters. The minimum Gasteiger partial charge on any atom is -0.383 e. The van der Waals surface area contributed by atoms with Crippen LogP contribution in [0.5, 0.6) is 0 Å². The molecule has 1 aromatic heterocycles. The summed E-state index contributed by atoms with van der Waals surface area (Å²) in [5.41, 5.74) is 6.14. The highest BCUT2D eigenvalue weighted by molar-refractivity contribution is 7.99. The molecule has 1 heterocycles. The maximum absolute atomic E-state index is 13.9. The Bertz CT molecular complexity index is 679. The molecular formula is C14H12F4N2S2. The molecule has 0 aliphatic carbocycles. The van der Waals surface area contributed by atoms with E-state index < -0.39 is 17.7 Å². The summed E-state index contributed by atoms with van der Waals surface area (Å²) < 4.78 is 50.8. The third kappa shape index (κ3) is 4.48. The minimum atomic E-state index is -4.29. The van der Waals surface area contributed by atoms with Crippen molar-refractivity contribution in [3.05, 3.63) is 45.9 Å². The highest BCUT2D eigenvalue weighted by Gasteiger charge is 2.27. The lowest BCUT2D eigenvalue weighted by molar-refractivity contribution is -0.105. The summed E-state index contributed by atoms with van der Waals surface area (Å²) in [6.07, 6.45) is -4.29. The summed E-state index contributed by atoms with van der Waals surface area (Å²) in [6, 6.07) is 5.97. The SMILES string of the molecule is Cc1cc(F)c(/N=C(\N)c2cccs2)cc1SCC(F)(F)F. The Balaban J connectivity index is 2.30. The number of thioether (sulfide) groups is 1. The number of hydrogen-bond acceptors (Lipinski definition) is 3. The van der Waals surface area contributed by atoms with Crippen molar-refractivity contribution in [3.8, 4) is 0 Å². The van der Waals surface area contributed by atoms with E-state index >= 15 is 0 Å². The van der Waals surface area contributed by atoms with Crippen molar-refractivity contribution >= 4 is 34.6 Å². The van der Waals surface area contributed by atoms with Gasteiger partial charge in [0.2, 0.25) is 0 Å². The first-order chi connectivity index (χ1) is 10.3. The summed E-state index contributed by atoms with van der Waals surface area (Å²) >= 11 is 1.95. The van der Waals surface area contributed by atoms with Gasteiger partial charge in [-0.1, -0.05) is 6.07 Å². The second kappa shape index (κ2) is 6.70. The van der Waals surface area contributed by atoms with Crippen LogP contribution in [0.25, 0.3) is 0 Å². The summed E-state index contributed by atoms with van der Waals surface area (Å²) in [7, 11) is 0. The fraction of sp³-hybridized carbons (Fsp3) is 0.214. The van der Waals surface area contributed by atoms with Crippen LogP contribution in [0.3, 0.4) is 0 Å². The van der Waals surface area contributed by atoms with Gasteiger partial charge in [-0.05, 0) is 36.1 Å². The maximum atomic E-state index is 13.9. The molecule has 0 amide bonds. The smallest absolute Gasteiger partial charge is 0.383 e. The molecule has 22 heavy (non-hydrogen) atoms. The molecule has 8 heteroatoms. The van der Waals surface area contributed by atoms with Crippen LogP contribution in [0.2, 0.25) is 0 Å². The van der Waals surface area contributed by atoms with Crippen molar-refractivity contribution in [2.24, 2.45) is 10.7 Å². The summed E-state index contributed by atoms with van der Waals surface area (Å²) in [5.74, 6) is -1.53. The Kier molecular flexibility index (Phi) is 5.12. The first-order valence-electron chi connectivity index (χ1n) is 6.14. The number of alkyl halides is 3. The standard InChI is InChI=1S/C14H12F4N2S2/c1-8-5-9(15)10(6-12(8)22-7-14(16,17)18)20-13(19)11-3-2-4-21-11/h2-6H,7H2,1H3,(H2,19,20). The topological polar surface area (TPSA) is 38.4 Å². The molecule has 0 aliphatic heterocycles. The quantitative estimate of drug-likeness (QED) is 0.370. The van der Waals surface area contributed by atoms with E-state index in [1.54, 1.807) is 24.4 Å². The molecule has 2 aromatic rings. The second-order valence-corrected chi connectivity index (χ2v) is 6.41. The van der Waals surface area contributed by atoms with Gasteiger partial charge in [0.05, 0.1) is 10.6 Å². The van der Waals surface area contributed by atoms with Gasteiger partial charge in [-0.2, -0.15) is 13.2 Å². The molecule has 118 valence electrons. The van der Waals surface area contributed by atoms with Gasteiger partial charge in [-0.3, -0.25) is 0 Å². The van der Waals surface area contributed by atoms with Crippen molar-refractivity contribution in [1.29, 1.82) is 0 Å². The highest BCUT2D eigenvalue weighted by Crippen LogP contribution is 2.33. The lowest BCUT2D eigenvalue weighted by Gasteiger charge is -2.10. The average molecular weight is 348 g/mol. The van der Waals surface area contributed by atoms with E-state index in [9.17, 15) is 17.6 Å². The van der Waals surface area contributed by atoms with Crippen LogP contribution >= 0.6 is 23.1 Å². The van der Waals surface area contributed by atoms with Crippen LogP contribution in [0, 0.1) is 12.7 Å². The number of halogens is 4. The molecule has 0 atom stereocenters. The molecular weight excluding hydrogens is 336 g/mol. The van der Waals surface area contributed by atoms with Crippen molar-refractivity contribution < 1.29 is 17.6 Å². The first-order valence-corrected chi connectivity index (χ1v) is 8.00. The number of hydrogen-bond donors (Lipinski definition) is 1. The molecule has 1 aromatic carbocycles. The van der Waals surface area contributed by atoms with Crippen molar-refractivity contribution in [1.82, 2.24) is 0 Å². The fourth-order valence-electron chi connectivity index (χ4n) is 1.65. The normalized spacial score (nSPS) is 12.7. The number of aryl methyl sites for hydroxylation is 1. The number of benzene rings is 1. The zero-order valence-electron chi connectivity index (χ0n) is 11.4. The minimum absolute atomic E-state index is 0.0684. The second-order valence-electron chi connectivity index (χ2n) is 4.45. The number of amidine groups is 1. The van der Waals surface area contributed by atoms with Gasteiger partial charge >= 0.3 is 6.18 Å². The third-order valence-corrected chi connectivity index (χ3v) is 4.77. The van der Waals surface area contributed by atoms with Gasteiger partial charge in [-0.15, -0.1) is 23.1 Å². The van der Waals surface area contributed by atoms with Gasteiger partial charge in [0.25, 0.3) is 0 Å². The van der Waals surface area contributed by atoms with Crippen LogP contribution in [0.4, 0.5) is 23.2 Å². The number of nitrogens with zero attached hydrogens (tertiary/aromatic N) is 1. The van der Waals surface area contributed by atoms with E-state index in [1.165, 1.54) is 23.5 Å². The summed E-state index contributed by atoms with van der Waals surface area (Å²) in [4.78, 5) is 4.98. The summed E-state index contributed by atoms with van der Waals surface area (Å²) in [5, 5.41) is 1.80. The van der Waals surface area contributed by atoms with E-state index in [2.05, 4.69) is 4.99 Å². The van der Waals surface area contributed by atoms with Crippen LogP contribution in [-0.2, 0) is 0 Å². The predicted molar refractivity (Wildman–Crippen MR) is 82.6 cm³/mol. The zero-order valence-corrected chi connectivity index (χ0v) is 13.1. The molecule has 0 radical (unpaired) electrons. The molecule has 2 rings (SSSR count). The van der Waals surface area contributed by atoms with E-state index in [4.69, 9.17) is 5.73 Å². The first kappa shape index (κ1) is 16.8. The number of thiophene rings is 1. The molecule has 0 saturated carbocycles. The molecule has 0 fully saturated rings. The van der Waals surface area contributed by atoms with Gasteiger partial charge < -0.3 is 5.73 Å². The molecule has 0 bridgehead atoms. The Hall–Kier alpha value is -1.54. The lowest BCUT2D eigenvalue weighted by atomic mass is 10.2. The molecule has 2 N–H and O–H groups in total. The fourth-order valence-corrected chi connectivity index (χ4v) is 3.08. The number of rotatable bonds is 4. The Morgan fingerprint density at radius 1 is 1.36 bits per heavy atom. The molecule has 0 spiro atoms. The van der Waals surface area contributed by atoms with Crippen molar-refractivity contribution in [2.75, 3.05) is 5.75 Å². The summed E-state index contributed by atoms with van der Waals surface area (Å²) in [6.45, 7) is 1.55. The molecule has 2 nitrogen and oxygen atoms in total. The average Bonchev–Trinajstić information content (AvgIpc) is 2.93.